The van der Waals surface area contributed by atoms with Crippen LogP contribution in [0.3, 0.4) is 0 Å². The minimum atomic E-state index is -4.81. The van der Waals surface area contributed by atoms with Crippen LogP contribution in [-0.4, -0.2) is 31.7 Å². The molecule has 0 bridgehead atoms. The van der Waals surface area contributed by atoms with E-state index in [0.29, 0.717) is 0 Å². The van der Waals surface area contributed by atoms with Crippen molar-refractivity contribution in [3.8, 4) is 0 Å². The number of ketones is 1. The van der Waals surface area contributed by atoms with Gasteiger partial charge in [-0.15, -0.1) is 0 Å². The number of fused-ring (bicyclic) bond motifs is 2. The third kappa shape index (κ3) is 4.25. The first-order valence-electron chi connectivity index (χ1n) is 6.29. The fourth-order valence-electron chi connectivity index (χ4n) is 2.42. The summed E-state index contributed by atoms with van der Waals surface area (Å²) in [6.45, 7) is 0. The Morgan fingerprint density at radius 3 is 2.00 bits per heavy atom. The fourth-order valence-corrected chi connectivity index (χ4v) is 3.41. The Labute approximate surface area is 193 Å². The van der Waals surface area contributed by atoms with Gasteiger partial charge in [0.15, 0.2) is 5.78 Å². The molecule has 0 aromatic heterocycles. The summed E-state index contributed by atoms with van der Waals surface area (Å²) in [5, 5.41) is 11.8. The van der Waals surface area contributed by atoms with Crippen LogP contribution in [0, 0.1) is 5.25 Å². The van der Waals surface area contributed by atoms with Gasteiger partial charge in [-0.3, -0.25) is 4.79 Å². The molecule has 1 aromatic rings. The van der Waals surface area contributed by atoms with E-state index in [0.717, 1.165) is 36.4 Å². The van der Waals surface area contributed by atoms with Gasteiger partial charge in [-0.2, -0.15) is 0 Å². The predicted molar refractivity (Wildman–Crippen MR) is 75.8 cm³/mol. The molecule has 0 spiro atoms. The predicted octanol–water partition coefficient (Wildman–Crippen LogP) is -6.56. The molecule has 0 heterocycles. The molecule has 12 heteroatoms. The van der Waals surface area contributed by atoms with Crippen molar-refractivity contribution in [3.05, 3.63) is 64.0 Å². The Morgan fingerprint density at radius 2 is 1.46 bits per heavy atom. The summed E-state index contributed by atoms with van der Waals surface area (Å²) >= 11 is 0. The van der Waals surface area contributed by atoms with E-state index in [-0.39, 0.29) is 81.4 Å². The van der Waals surface area contributed by atoms with E-state index in [2.05, 4.69) is 0 Å². The van der Waals surface area contributed by atoms with E-state index in [1.165, 1.54) is 0 Å². The Morgan fingerprint density at radius 1 is 0.846 bits per heavy atom. The van der Waals surface area contributed by atoms with Crippen molar-refractivity contribution in [1.82, 2.24) is 0 Å². The van der Waals surface area contributed by atoms with Gasteiger partial charge in [0, 0.05) is 11.1 Å². The van der Waals surface area contributed by atoms with E-state index < -0.39 is 41.9 Å². The maximum absolute atomic E-state index is 12.4. The number of benzene rings is 1. The number of allylic oxidation sites excluding steroid dienone is 3. The molecule has 2 aliphatic carbocycles. The molecule has 0 saturated heterocycles. The van der Waals surface area contributed by atoms with Crippen LogP contribution >= 0.6 is 0 Å². The summed E-state index contributed by atoms with van der Waals surface area (Å²) in [5.74, 6) is -1.50. The quantitative estimate of drug-likeness (QED) is 0.343. The number of carbonyl (C=O) groups excluding carboxylic acids is 1. The Kier molecular flexibility index (Phi) is 7.31. The zero-order valence-electron chi connectivity index (χ0n) is 13.5. The minimum Gasteiger partial charge on any atom is -0.872 e. The summed E-state index contributed by atoms with van der Waals surface area (Å²) in [4.78, 5) is 11.8. The molecule has 8 nitrogen and oxygen atoms in total. The SMILES string of the molecule is O=C1C2=C[C](S(=O)(=O)[O-])C=CC2=C([O-])c2cc(S(=O)(=O)[O-])ccc21.[Na+].[Na+]. The Bertz CT molecular complexity index is 1080. The monoisotopic (exact) mass is 412 g/mol. The van der Waals surface area contributed by atoms with Crippen LogP contribution in [-0.2, 0) is 20.2 Å². The molecule has 1 radical (unpaired) electrons. The van der Waals surface area contributed by atoms with Gasteiger partial charge in [-0.1, -0.05) is 17.9 Å². The molecule has 0 N–H and O–H groups in total. The van der Waals surface area contributed by atoms with Crippen LogP contribution < -0.4 is 64.2 Å². The van der Waals surface area contributed by atoms with Gasteiger partial charge in [0.2, 0.25) is 0 Å². The van der Waals surface area contributed by atoms with Crippen molar-refractivity contribution >= 4 is 31.8 Å². The molecule has 1 aromatic carbocycles. The van der Waals surface area contributed by atoms with Gasteiger partial charge < -0.3 is 14.2 Å². The molecular formula is C14H6Na2O8S2-. The van der Waals surface area contributed by atoms with Gasteiger partial charge in [-0.05, 0) is 35.4 Å². The second-order valence-corrected chi connectivity index (χ2v) is 7.74. The van der Waals surface area contributed by atoms with Gasteiger partial charge in [-0.25, -0.2) is 16.8 Å². The number of rotatable bonds is 2. The second-order valence-electron chi connectivity index (χ2n) is 4.98. The molecule has 0 amide bonds. The first kappa shape index (κ1) is 23.8. The second kappa shape index (κ2) is 8.00. The molecule has 2 aliphatic rings. The zero-order valence-corrected chi connectivity index (χ0v) is 19.2. The van der Waals surface area contributed by atoms with Gasteiger partial charge in [0.25, 0.3) is 0 Å². The van der Waals surface area contributed by atoms with Crippen molar-refractivity contribution in [2.45, 2.75) is 4.90 Å². The average Bonchev–Trinajstić information content (AvgIpc) is 2.49. The maximum atomic E-state index is 12.4. The molecule has 0 unspecified atom stereocenters. The van der Waals surface area contributed by atoms with Crippen LogP contribution in [0.4, 0.5) is 0 Å². The molecule has 0 fully saturated rings. The van der Waals surface area contributed by atoms with Crippen LogP contribution in [0.5, 0.6) is 0 Å². The summed E-state index contributed by atoms with van der Waals surface area (Å²) in [7, 11) is -9.63. The van der Waals surface area contributed by atoms with E-state index in [1.54, 1.807) is 0 Å². The summed E-state index contributed by atoms with van der Waals surface area (Å²) in [6.07, 6.45) is 2.69. The number of carbonyl (C=O) groups is 1. The summed E-state index contributed by atoms with van der Waals surface area (Å²) < 4.78 is 66.3. The van der Waals surface area contributed by atoms with Crippen molar-refractivity contribution < 1.29 is 95.0 Å². The van der Waals surface area contributed by atoms with E-state index in [1.807, 2.05) is 0 Å². The van der Waals surface area contributed by atoms with E-state index in [4.69, 9.17) is 0 Å². The number of hydrogen-bond acceptors (Lipinski definition) is 8. The van der Waals surface area contributed by atoms with Gasteiger partial charge in [0.05, 0.1) is 4.90 Å². The first-order chi connectivity index (χ1) is 11.0. The molecule has 125 valence electrons. The molecule has 0 aliphatic heterocycles. The van der Waals surface area contributed by atoms with Crippen molar-refractivity contribution in [3.63, 3.8) is 0 Å². The third-order valence-electron chi connectivity index (χ3n) is 3.54. The molecular weight excluding hydrogens is 406 g/mol. The Balaban J connectivity index is 0.00000169. The number of Topliss-reactive ketones (excluding diaryl/α,β-unsaturated/α-hetero) is 1. The van der Waals surface area contributed by atoms with E-state index in [9.17, 15) is 35.8 Å². The number of hydrogen-bond donors (Lipinski definition) is 0. The normalized spacial score (nSPS) is 16.8. The summed E-state index contributed by atoms with van der Waals surface area (Å²) in [6, 6.07) is 2.69. The molecule has 0 saturated carbocycles. The van der Waals surface area contributed by atoms with Crippen LogP contribution in [0.25, 0.3) is 5.76 Å². The van der Waals surface area contributed by atoms with Crippen LogP contribution in [0.1, 0.15) is 15.9 Å². The van der Waals surface area contributed by atoms with Crippen molar-refractivity contribution in [2.24, 2.45) is 0 Å². The topological polar surface area (TPSA) is 155 Å². The third-order valence-corrected chi connectivity index (χ3v) is 5.20. The average molecular weight is 412 g/mol. The zero-order chi connectivity index (χ0) is 17.9. The van der Waals surface area contributed by atoms with E-state index >= 15 is 0 Å². The fraction of sp³-hybridized carbons (Fsp3) is 0. The Hall–Kier alpha value is -0.270. The smallest absolute Gasteiger partial charge is 0.872 e. The van der Waals surface area contributed by atoms with Crippen LogP contribution in [0.2, 0.25) is 0 Å². The van der Waals surface area contributed by atoms with Gasteiger partial charge >= 0.3 is 59.1 Å². The van der Waals surface area contributed by atoms with Crippen molar-refractivity contribution in [1.29, 1.82) is 0 Å². The maximum Gasteiger partial charge on any atom is 1.00 e. The molecule has 3 rings (SSSR count). The minimum absolute atomic E-state index is 0. The first-order valence-corrected chi connectivity index (χ1v) is 9.11. The summed E-state index contributed by atoms with van der Waals surface area (Å²) in [5.41, 5.74) is -0.912. The van der Waals surface area contributed by atoms with Crippen molar-refractivity contribution in [2.75, 3.05) is 0 Å². The largest absolute Gasteiger partial charge is 1.00 e. The molecule has 0 atom stereocenters. The van der Waals surface area contributed by atoms with Gasteiger partial charge in [0.1, 0.15) is 25.5 Å². The molecule has 26 heavy (non-hydrogen) atoms. The van der Waals surface area contributed by atoms with Crippen LogP contribution in [0.15, 0.2) is 52.5 Å². The standard InChI is InChI=1S/C14H9O8S2.2Na/c15-13-9-3-1-7(23(17,18)19)5-11(9)14(16)10-4-2-8(6-12(10)13)24(20,21)22;;/h1-6,15H,(H,17,18,19)(H,20,21,22);;/q;2*+1/p-3.